The van der Waals surface area contributed by atoms with Gasteiger partial charge in [-0.25, -0.2) is 4.79 Å². The average Bonchev–Trinajstić information content (AvgIpc) is 3.15. The lowest BCUT2D eigenvalue weighted by Crippen LogP contribution is -2.43. The first-order valence-corrected chi connectivity index (χ1v) is 10.5. The van der Waals surface area contributed by atoms with Gasteiger partial charge in [0.05, 0.1) is 6.04 Å². The second-order valence-electron chi connectivity index (χ2n) is 7.63. The van der Waals surface area contributed by atoms with Crippen molar-refractivity contribution in [3.8, 4) is 0 Å². The molecule has 0 saturated carbocycles. The molecule has 0 aliphatic carbocycles. The summed E-state index contributed by atoms with van der Waals surface area (Å²) < 4.78 is 5.96. The van der Waals surface area contributed by atoms with Gasteiger partial charge in [-0.1, -0.05) is 66.7 Å². The molecule has 162 valence electrons. The first kappa shape index (κ1) is 21.2. The van der Waals surface area contributed by atoms with Crippen LogP contribution in [-0.4, -0.2) is 11.9 Å². The van der Waals surface area contributed by atoms with Crippen LogP contribution in [0.3, 0.4) is 0 Å². The molecule has 1 aromatic heterocycles. The molecule has 4 rings (SSSR count). The molecule has 3 N–H and O–H groups in total. The molecule has 0 radical (unpaired) electrons. The molecule has 3 amide bonds. The summed E-state index contributed by atoms with van der Waals surface area (Å²) in [6, 6.07) is 24.3. The topological polar surface area (TPSA) is 83.4 Å². The van der Waals surface area contributed by atoms with Crippen molar-refractivity contribution < 1.29 is 14.0 Å². The molecule has 0 spiro atoms. The summed E-state index contributed by atoms with van der Waals surface area (Å²) in [6.45, 7) is 3.82. The molecule has 0 bridgehead atoms. The first-order valence-electron chi connectivity index (χ1n) is 10.5. The lowest BCUT2D eigenvalue weighted by molar-refractivity contribution is -0.118. The Kier molecular flexibility index (Phi) is 6.22. The van der Waals surface area contributed by atoms with E-state index in [0.29, 0.717) is 17.0 Å². The number of anilines is 1. The Morgan fingerprint density at radius 1 is 0.812 bits per heavy atom. The Morgan fingerprint density at radius 3 is 2.12 bits per heavy atom. The number of carbonyl (C=O) groups is 2. The molecule has 6 nitrogen and oxygen atoms in total. The van der Waals surface area contributed by atoms with Crippen LogP contribution in [0.1, 0.15) is 35.9 Å². The highest BCUT2D eigenvalue weighted by molar-refractivity contribution is 5.97. The zero-order valence-corrected chi connectivity index (χ0v) is 18.0. The molecule has 0 aliphatic heterocycles. The SMILES string of the molecule is Cc1c([C@@H](C)NC(=O)N[C@@H](C(=O)Nc2ccccc2)c2ccccc2)oc2ccccc12. The maximum atomic E-state index is 13.0. The zero-order valence-electron chi connectivity index (χ0n) is 18.0. The maximum absolute atomic E-state index is 13.0. The van der Waals surface area contributed by atoms with Crippen LogP contribution in [0.5, 0.6) is 0 Å². The summed E-state index contributed by atoms with van der Waals surface area (Å²) in [4.78, 5) is 25.9. The van der Waals surface area contributed by atoms with Crippen molar-refractivity contribution in [3.63, 3.8) is 0 Å². The quantitative estimate of drug-likeness (QED) is 0.381. The fraction of sp³-hybridized carbons (Fsp3) is 0.154. The maximum Gasteiger partial charge on any atom is 0.316 e. The van der Waals surface area contributed by atoms with Gasteiger partial charge in [0.25, 0.3) is 5.91 Å². The van der Waals surface area contributed by atoms with Crippen molar-refractivity contribution >= 4 is 28.6 Å². The minimum atomic E-state index is -0.861. The number of carbonyl (C=O) groups excluding carboxylic acids is 2. The Morgan fingerprint density at radius 2 is 1.44 bits per heavy atom. The Hall–Kier alpha value is -4.06. The standard InChI is InChI=1S/C26H25N3O3/c1-17-21-15-9-10-16-22(21)32-24(17)18(2)27-26(31)29-23(19-11-5-3-6-12-19)25(30)28-20-13-7-4-8-14-20/h3-16,18,23H,1-2H3,(H,28,30)(H2,27,29,31)/t18-,23-/m1/s1. The number of amides is 3. The Bertz CT molecular complexity index is 1220. The molecular formula is C26H25N3O3. The summed E-state index contributed by atoms with van der Waals surface area (Å²) >= 11 is 0. The molecule has 6 heteroatoms. The second-order valence-corrected chi connectivity index (χ2v) is 7.63. The zero-order chi connectivity index (χ0) is 22.5. The highest BCUT2D eigenvalue weighted by Gasteiger charge is 2.25. The molecular weight excluding hydrogens is 402 g/mol. The predicted octanol–water partition coefficient (Wildman–Crippen LogP) is 5.48. The predicted molar refractivity (Wildman–Crippen MR) is 125 cm³/mol. The lowest BCUT2D eigenvalue weighted by Gasteiger charge is -2.21. The van der Waals surface area contributed by atoms with Crippen LogP contribution in [0.25, 0.3) is 11.0 Å². The molecule has 0 aliphatic rings. The number of hydrogen-bond acceptors (Lipinski definition) is 3. The van der Waals surface area contributed by atoms with E-state index in [-0.39, 0.29) is 11.9 Å². The van der Waals surface area contributed by atoms with Crippen LogP contribution in [0.2, 0.25) is 0 Å². The number of furan rings is 1. The second kappa shape index (κ2) is 9.39. The first-order chi connectivity index (χ1) is 15.5. The third kappa shape index (κ3) is 4.64. The van der Waals surface area contributed by atoms with Gasteiger partial charge in [-0.3, -0.25) is 4.79 Å². The van der Waals surface area contributed by atoms with E-state index in [4.69, 9.17) is 4.42 Å². The minimum Gasteiger partial charge on any atom is -0.459 e. The van der Waals surface area contributed by atoms with Gasteiger partial charge in [-0.2, -0.15) is 0 Å². The van der Waals surface area contributed by atoms with Crippen molar-refractivity contribution in [2.45, 2.75) is 25.9 Å². The van der Waals surface area contributed by atoms with E-state index < -0.39 is 12.1 Å². The number of benzene rings is 3. The molecule has 4 aromatic rings. The van der Waals surface area contributed by atoms with Gasteiger partial charge >= 0.3 is 6.03 Å². The summed E-state index contributed by atoms with van der Waals surface area (Å²) in [7, 11) is 0. The normalized spacial score (nSPS) is 12.7. The van der Waals surface area contributed by atoms with E-state index >= 15 is 0 Å². The summed E-state index contributed by atoms with van der Waals surface area (Å²) in [5, 5.41) is 9.57. The summed E-state index contributed by atoms with van der Waals surface area (Å²) in [5.74, 6) is 0.358. The average molecular weight is 428 g/mol. The number of nitrogens with one attached hydrogen (secondary N) is 3. The van der Waals surface area contributed by atoms with Crippen molar-refractivity contribution in [1.82, 2.24) is 10.6 Å². The van der Waals surface area contributed by atoms with Crippen LogP contribution in [0.4, 0.5) is 10.5 Å². The van der Waals surface area contributed by atoms with Gasteiger partial charge in [-0.05, 0) is 37.6 Å². The van der Waals surface area contributed by atoms with Crippen LogP contribution in [0, 0.1) is 6.92 Å². The minimum absolute atomic E-state index is 0.329. The van der Waals surface area contributed by atoms with E-state index in [1.807, 2.05) is 86.6 Å². The van der Waals surface area contributed by atoms with Gasteiger partial charge in [0, 0.05) is 16.6 Å². The van der Waals surface area contributed by atoms with Crippen LogP contribution >= 0.6 is 0 Å². The Labute approximate surface area is 186 Å². The molecule has 0 saturated heterocycles. The van der Waals surface area contributed by atoms with Crippen molar-refractivity contribution in [3.05, 3.63) is 102 Å². The smallest absolute Gasteiger partial charge is 0.316 e. The largest absolute Gasteiger partial charge is 0.459 e. The molecule has 0 unspecified atom stereocenters. The molecule has 3 aromatic carbocycles. The fourth-order valence-electron chi connectivity index (χ4n) is 3.72. The Balaban J connectivity index is 1.50. The summed E-state index contributed by atoms with van der Waals surface area (Å²) in [6.07, 6.45) is 0. The third-order valence-electron chi connectivity index (χ3n) is 5.33. The number of para-hydroxylation sites is 2. The van der Waals surface area contributed by atoms with E-state index in [1.165, 1.54) is 0 Å². The van der Waals surface area contributed by atoms with Gasteiger partial charge in [-0.15, -0.1) is 0 Å². The lowest BCUT2D eigenvalue weighted by atomic mass is 10.1. The molecule has 2 atom stereocenters. The van der Waals surface area contributed by atoms with Crippen molar-refractivity contribution in [2.24, 2.45) is 0 Å². The van der Waals surface area contributed by atoms with E-state index in [9.17, 15) is 9.59 Å². The number of fused-ring (bicyclic) bond motifs is 1. The number of rotatable bonds is 6. The van der Waals surface area contributed by atoms with Gasteiger partial charge < -0.3 is 20.4 Å². The highest BCUT2D eigenvalue weighted by Crippen LogP contribution is 2.29. The number of hydrogen-bond donors (Lipinski definition) is 3. The van der Waals surface area contributed by atoms with Crippen LogP contribution in [0.15, 0.2) is 89.3 Å². The third-order valence-corrected chi connectivity index (χ3v) is 5.33. The van der Waals surface area contributed by atoms with Gasteiger partial charge in [0.1, 0.15) is 17.4 Å². The van der Waals surface area contributed by atoms with Gasteiger partial charge in [0.15, 0.2) is 0 Å². The number of urea groups is 1. The van der Waals surface area contributed by atoms with Crippen molar-refractivity contribution in [1.29, 1.82) is 0 Å². The molecule has 1 heterocycles. The summed E-state index contributed by atoms with van der Waals surface area (Å²) in [5.41, 5.74) is 3.10. The molecule has 0 fully saturated rings. The molecule has 32 heavy (non-hydrogen) atoms. The number of aryl methyl sites for hydroxylation is 1. The highest BCUT2D eigenvalue weighted by atomic mass is 16.3. The van der Waals surface area contributed by atoms with Crippen LogP contribution < -0.4 is 16.0 Å². The van der Waals surface area contributed by atoms with E-state index in [0.717, 1.165) is 16.5 Å². The fourth-order valence-corrected chi connectivity index (χ4v) is 3.72. The van der Waals surface area contributed by atoms with Crippen LogP contribution in [-0.2, 0) is 4.79 Å². The van der Waals surface area contributed by atoms with Gasteiger partial charge in [0.2, 0.25) is 0 Å². The van der Waals surface area contributed by atoms with E-state index in [2.05, 4.69) is 16.0 Å². The monoisotopic (exact) mass is 427 g/mol. The van der Waals surface area contributed by atoms with Crippen molar-refractivity contribution in [2.75, 3.05) is 5.32 Å². The van der Waals surface area contributed by atoms with E-state index in [1.54, 1.807) is 12.1 Å².